The van der Waals surface area contributed by atoms with Gasteiger partial charge in [-0.2, -0.15) is 0 Å². The molecule has 1 fully saturated rings. The first-order valence-electron chi connectivity index (χ1n) is 3.25. The van der Waals surface area contributed by atoms with Crippen LogP contribution >= 0.6 is 0 Å². The van der Waals surface area contributed by atoms with Gasteiger partial charge in [-0.25, -0.2) is 0 Å². The van der Waals surface area contributed by atoms with Crippen LogP contribution in [-0.2, 0) is 0 Å². The third kappa shape index (κ3) is 6.94. The minimum Gasteiger partial charge on any atom is -0.411 e. The summed E-state index contributed by atoms with van der Waals surface area (Å²) in [5.41, 5.74) is 0. The van der Waals surface area contributed by atoms with Gasteiger partial charge in [-0.3, -0.25) is 0 Å². The van der Waals surface area contributed by atoms with Crippen LogP contribution in [0.3, 0.4) is 0 Å². The summed E-state index contributed by atoms with van der Waals surface area (Å²) in [6, 6.07) is 0. The van der Waals surface area contributed by atoms with Gasteiger partial charge in [-0.15, -0.1) is 0 Å². The molecule has 0 unspecified atom stereocenters. The number of nitrogens with zero attached hydrogens (tertiary/aromatic N) is 2. The van der Waals surface area contributed by atoms with Gasteiger partial charge in [-0.05, 0) is 0 Å². The van der Waals surface area contributed by atoms with Crippen molar-refractivity contribution in [3.05, 3.63) is 0 Å². The Morgan fingerprint density at radius 3 is 1.20 bits per heavy atom. The Balaban J connectivity index is 0.000000172. The largest absolute Gasteiger partial charge is 0.411 e. The zero-order valence-electron chi connectivity index (χ0n) is 5.77. The Morgan fingerprint density at radius 2 is 1.10 bits per heavy atom. The third-order valence-corrected chi connectivity index (χ3v) is 1.20. The highest BCUT2D eigenvalue weighted by Crippen LogP contribution is 2.15. The lowest BCUT2D eigenvalue weighted by atomic mass is 10.0. The van der Waals surface area contributed by atoms with Crippen LogP contribution in [0.2, 0.25) is 0 Å². The Labute approximate surface area is 59.9 Å². The van der Waals surface area contributed by atoms with Crippen molar-refractivity contribution in [2.75, 3.05) is 0 Å². The Bertz CT molecular complexity index is 94.3. The van der Waals surface area contributed by atoms with E-state index in [1.807, 2.05) is 0 Å². The van der Waals surface area contributed by atoms with Gasteiger partial charge >= 0.3 is 0 Å². The van der Waals surface area contributed by atoms with E-state index >= 15 is 0 Å². The standard InChI is InChI=1S/C4H8.C2H4N2O2/c1-2-4-3-1;5-3-1-2-4-6/h1-4H2;1-2,5-6H/b;3-1+,4-2+. The summed E-state index contributed by atoms with van der Waals surface area (Å²) in [5, 5.41) is 20.1. The van der Waals surface area contributed by atoms with E-state index in [1.165, 1.54) is 25.7 Å². The molecule has 0 saturated heterocycles. The number of hydrogen-bond donors (Lipinski definition) is 2. The van der Waals surface area contributed by atoms with Gasteiger partial charge in [0.25, 0.3) is 0 Å². The highest BCUT2D eigenvalue weighted by Gasteiger charge is 1.95. The lowest BCUT2D eigenvalue weighted by Crippen LogP contribution is -1.85. The summed E-state index contributed by atoms with van der Waals surface area (Å²) in [6.07, 6.45) is 7.89. The topological polar surface area (TPSA) is 65.2 Å². The molecule has 0 aliphatic heterocycles. The average molecular weight is 144 g/mol. The van der Waals surface area contributed by atoms with Gasteiger partial charge < -0.3 is 10.4 Å². The normalized spacial score (nSPS) is 16.4. The molecule has 0 atom stereocenters. The van der Waals surface area contributed by atoms with Gasteiger partial charge in [0.15, 0.2) is 0 Å². The van der Waals surface area contributed by atoms with Crippen molar-refractivity contribution in [1.29, 1.82) is 0 Å². The second kappa shape index (κ2) is 7.94. The van der Waals surface area contributed by atoms with E-state index in [4.69, 9.17) is 10.4 Å². The second-order valence-corrected chi connectivity index (χ2v) is 1.94. The summed E-state index contributed by atoms with van der Waals surface area (Å²) in [7, 11) is 0. The molecule has 58 valence electrons. The Morgan fingerprint density at radius 1 is 0.800 bits per heavy atom. The first-order chi connectivity index (χ1) is 4.91. The minimum atomic E-state index is 0.944. The molecular formula is C6H12N2O2. The van der Waals surface area contributed by atoms with Gasteiger partial charge in [0.1, 0.15) is 0 Å². The molecule has 4 nitrogen and oxygen atoms in total. The highest BCUT2D eigenvalue weighted by molar-refractivity contribution is 6.15. The molecule has 4 heteroatoms. The van der Waals surface area contributed by atoms with Crippen molar-refractivity contribution in [2.24, 2.45) is 10.3 Å². The number of oxime groups is 2. The van der Waals surface area contributed by atoms with Crippen molar-refractivity contribution >= 4 is 12.4 Å². The Hall–Kier alpha value is -1.06. The quantitative estimate of drug-likeness (QED) is 0.332. The van der Waals surface area contributed by atoms with Gasteiger partial charge in [0.05, 0.1) is 12.4 Å². The summed E-state index contributed by atoms with van der Waals surface area (Å²) in [6.45, 7) is 0. The van der Waals surface area contributed by atoms with E-state index in [0.717, 1.165) is 12.4 Å². The van der Waals surface area contributed by atoms with E-state index in [0.29, 0.717) is 0 Å². The molecule has 0 bridgehead atoms. The van der Waals surface area contributed by atoms with Crippen LogP contribution in [0, 0.1) is 0 Å². The fourth-order valence-electron chi connectivity index (χ4n) is 0.310. The minimum absolute atomic E-state index is 0.944. The van der Waals surface area contributed by atoms with Gasteiger partial charge in [0.2, 0.25) is 0 Å². The monoisotopic (exact) mass is 144 g/mol. The predicted molar refractivity (Wildman–Crippen MR) is 39.0 cm³/mol. The summed E-state index contributed by atoms with van der Waals surface area (Å²) in [4.78, 5) is 0. The lowest BCUT2D eigenvalue weighted by Gasteiger charge is -2.05. The molecule has 10 heavy (non-hydrogen) atoms. The summed E-state index contributed by atoms with van der Waals surface area (Å²) in [5.74, 6) is 0. The zero-order valence-corrected chi connectivity index (χ0v) is 5.77. The van der Waals surface area contributed by atoms with Crippen LogP contribution < -0.4 is 0 Å². The maximum atomic E-state index is 7.56. The molecule has 1 aliphatic rings. The molecule has 0 aromatic carbocycles. The molecule has 0 heterocycles. The summed E-state index contributed by atoms with van der Waals surface area (Å²) >= 11 is 0. The van der Waals surface area contributed by atoms with Crippen LogP contribution in [0.1, 0.15) is 25.7 Å². The van der Waals surface area contributed by atoms with Crippen LogP contribution in [0.5, 0.6) is 0 Å². The van der Waals surface area contributed by atoms with E-state index in [9.17, 15) is 0 Å². The first-order valence-corrected chi connectivity index (χ1v) is 3.25. The molecule has 0 radical (unpaired) electrons. The lowest BCUT2D eigenvalue weighted by molar-refractivity contribution is 0.317. The van der Waals surface area contributed by atoms with E-state index in [2.05, 4.69) is 10.3 Å². The molecular weight excluding hydrogens is 132 g/mol. The summed E-state index contributed by atoms with van der Waals surface area (Å²) < 4.78 is 0. The first kappa shape index (κ1) is 8.94. The molecule has 2 N–H and O–H groups in total. The molecule has 1 aliphatic carbocycles. The maximum absolute atomic E-state index is 7.56. The second-order valence-electron chi connectivity index (χ2n) is 1.94. The highest BCUT2D eigenvalue weighted by atomic mass is 16.4. The molecule has 0 amide bonds. The van der Waals surface area contributed by atoms with Crippen molar-refractivity contribution in [2.45, 2.75) is 25.7 Å². The van der Waals surface area contributed by atoms with Crippen LogP contribution in [0.15, 0.2) is 10.3 Å². The fraction of sp³-hybridized carbons (Fsp3) is 0.667. The predicted octanol–water partition coefficient (Wildman–Crippen LogP) is 1.47. The zero-order chi connectivity index (χ0) is 7.66. The Kier molecular flexibility index (Phi) is 7.10. The van der Waals surface area contributed by atoms with Gasteiger partial charge in [0, 0.05) is 0 Å². The van der Waals surface area contributed by atoms with E-state index < -0.39 is 0 Å². The van der Waals surface area contributed by atoms with Crippen molar-refractivity contribution in [3.63, 3.8) is 0 Å². The maximum Gasteiger partial charge on any atom is 0.0877 e. The van der Waals surface area contributed by atoms with Crippen molar-refractivity contribution < 1.29 is 10.4 Å². The van der Waals surface area contributed by atoms with E-state index in [1.54, 1.807) is 0 Å². The van der Waals surface area contributed by atoms with Crippen molar-refractivity contribution in [3.8, 4) is 0 Å². The number of rotatable bonds is 1. The van der Waals surface area contributed by atoms with E-state index in [-0.39, 0.29) is 0 Å². The van der Waals surface area contributed by atoms with Crippen LogP contribution in [0.4, 0.5) is 0 Å². The average Bonchev–Trinajstić information content (AvgIpc) is 1.79. The van der Waals surface area contributed by atoms with Crippen LogP contribution in [-0.4, -0.2) is 22.8 Å². The fourth-order valence-corrected chi connectivity index (χ4v) is 0.310. The van der Waals surface area contributed by atoms with Gasteiger partial charge in [-0.1, -0.05) is 36.0 Å². The third-order valence-electron chi connectivity index (χ3n) is 1.20. The molecule has 0 aromatic heterocycles. The SMILES string of the molecule is C1CCC1.O/N=C/C=N/O. The van der Waals surface area contributed by atoms with Crippen molar-refractivity contribution in [1.82, 2.24) is 0 Å². The molecule has 1 rings (SSSR count). The molecule has 1 saturated carbocycles. The number of hydrogen-bond acceptors (Lipinski definition) is 4. The molecule has 0 spiro atoms. The smallest absolute Gasteiger partial charge is 0.0877 e. The molecule has 0 aromatic rings. The van der Waals surface area contributed by atoms with Crippen LogP contribution in [0.25, 0.3) is 0 Å².